The van der Waals surface area contributed by atoms with E-state index in [1.54, 1.807) is 6.92 Å². The standard InChI is InChI=1S/C21H34N2O2/c1-18(24)23(16-13-20-10-6-3-7-11-20)17-14-21(25)22-15-12-19-8-4-2-5-9-19/h8,10H,2-7,9,11-17H2,1H3,(H,22,25). The molecule has 0 saturated heterocycles. The number of allylic oxidation sites excluding steroid dienone is 2. The minimum Gasteiger partial charge on any atom is -0.356 e. The lowest BCUT2D eigenvalue weighted by molar-refractivity contribution is -0.129. The van der Waals surface area contributed by atoms with Crippen molar-refractivity contribution in [1.82, 2.24) is 10.2 Å². The third kappa shape index (κ3) is 7.89. The molecule has 4 nitrogen and oxygen atoms in total. The first-order chi connectivity index (χ1) is 12.1. The Hall–Kier alpha value is -1.58. The van der Waals surface area contributed by atoms with Crippen LogP contribution < -0.4 is 5.32 Å². The van der Waals surface area contributed by atoms with Gasteiger partial charge in [0.15, 0.2) is 0 Å². The fraction of sp³-hybridized carbons (Fsp3) is 0.714. The molecule has 0 bridgehead atoms. The molecule has 0 heterocycles. The maximum absolute atomic E-state index is 12.0. The van der Waals surface area contributed by atoms with Gasteiger partial charge in [0.1, 0.15) is 0 Å². The van der Waals surface area contributed by atoms with Crippen LogP contribution in [0.5, 0.6) is 0 Å². The predicted octanol–water partition coefficient (Wildman–Crippen LogP) is 4.12. The molecule has 4 heteroatoms. The van der Waals surface area contributed by atoms with Gasteiger partial charge in [-0.15, -0.1) is 0 Å². The monoisotopic (exact) mass is 346 g/mol. The van der Waals surface area contributed by atoms with Crippen molar-refractivity contribution in [2.45, 2.75) is 77.6 Å². The summed E-state index contributed by atoms with van der Waals surface area (Å²) < 4.78 is 0. The molecule has 2 rings (SSSR count). The van der Waals surface area contributed by atoms with Crippen LogP contribution in [-0.2, 0) is 9.59 Å². The molecular weight excluding hydrogens is 312 g/mol. The summed E-state index contributed by atoms with van der Waals surface area (Å²) in [7, 11) is 0. The van der Waals surface area contributed by atoms with E-state index in [9.17, 15) is 9.59 Å². The van der Waals surface area contributed by atoms with Crippen LogP contribution in [0.3, 0.4) is 0 Å². The molecule has 1 N–H and O–H groups in total. The molecule has 0 aromatic rings. The Morgan fingerprint density at radius 3 is 2.16 bits per heavy atom. The van der Waals surface area contributed by atoms with Crippen molar-refractivity contribution < 1.29 is 9.59 Å². The maximum Gasteiger partial charge on any atom is 0.221 e. The number of nitrogens with one attached hydrogen (secondary N) is 1. The first-order valence-corrected chi connectivity index (χ1v) is 10.0. The Kier molecular flexibility index (Phi) is 8.78. The van der Waals surface area contributed by atoms with E-state index in [1.807, 2.05) is 4.90 Å². The molecule has 0 fully saturated rings. The Labute approximate surface area is 152 Å². The van der Waals surface area contributed by atoms with Crippen LogP contribution in [0.2, 0.25) is 0 Å². The van der Waals surface area contributed by atoms with Crippen molar-refractivity contribution in [1.29, 1.82) is 0 Å². The van der Waals surface area contributed by atoms with Crippen molar-refractivity contribution in [3.8, 4) is 0 Å². The molecule has 2 aliphatic rings. The number of hydrogen-bond donors (Lipinski definition) is 1. The smallest absolute Gasteiger partial charge is 0.221 e. The van der Waals surface area contributed by atoms with E-state index in [2.05, 4.69) is 17.5 Å². The van der Waals surface area contributed by atoms with Gasteiger partial charge in [-0.25, -0.2) is 0 Å². The average Bonchev–Trinajstić information content (AvgIpc) is 2.63. The summed E-state index contributed by atoms with van der Waals surface area (Å²) in [5.74, 6) is 0.121. The topological polar surface area (TPSA) is 49.4 Å². The summed E-state index contributed by atoms with van der Waals surface area (Å²) in [6.45, 7) is 3.58. The quantitative estimate of drug-likeness (QED) is 0.638. The zero-order valence-electron chi connectivity index (χ0n) is 15.8. The zero-order chi connectivity index (χ0) is 17.9. The van der Waals surface area contributed by atoms with Gasteiger partial charge >= 0.3 is 0 Å². The molecule has 0 aromatic carbocycles. The molecule has 0 atom stereocenters. The lowest BCUT2D eigenvalue weighted by atomic mass is 9.97. The lowest BCUT2D eigenvalue weighted by Gasteiger charge is -2.22. The normalized spacial score (nSPS) is 17.5. The average molecular weight is 347 g/mol. The number of amides is 2. The Bertz CT molecular complexity index is 508. The highest BCUT2D eigenvalue weighted by molar-refractivity contribution is 5.78. The fourth-order valence-electron chi connectivity index (χ4n) is 3.66. The Balaban J connectivity index is 1.63. The van der Waals surface area contributed by atoms with Crippen molar-refractivity contribution in [3.05, 3.63) is 23.3 Å². The van der Waals surface area contributed by atoms with Crippen molar-refractivity contribution in [3.63, 3.8) is 0 Å². The van der Waals surface area contributed by atoms with E-state index < -0.39 is 0 Å². The third-order valence-electron chi connectivity index (χ3n) is 5.30. The number of rotatable bonds is 9. The molecule has 0 radical (unpaired) electrons. The molecule has 0 aromatic heterocycles. The Morgan fingerprint density at radius 2 is 1.60 bits per heavy atom. The number of hydrogen-bond acceptors (Lipinski definition) is 2. The van der Waals surface area contributed by atoms with Gasteiger partial charge in [0.2, 0.25) is 11.8 Å². The lowest BCUT2D eigenvalue weighted by Crippen LogP contribution is -2.35. The third-order valence-corrected chi connectivity index (χ3v) is 5.30. The Morgan fingerprint density at radius 1 is 0.960 bits per heavy atom. The minimum absolute atomic E-state index is 0.0551. The molecule has 140 valence electrons. The van der Waals surface area contributed by atoms with Gasteiger partial charge in [-0.1, -0.05) is 23.3 Å². The summed E-state index contributed by atoms with van der Waals surface area (Å²) in [4.78, 5) is 25.7. The van der Waals surface area contributed by atoms with E-state index in [0.717, 1.165) is 25.9 Å². The number of nitrogens with zero attached hydrogens (tertiary/aromatic N) is 1. The maximum atomic E-state index is 12.0. The molecule has 0 spiro atoms. The van der Waals surface area contributed by atoms with Crippen LogP contribution >= 0.6 is 0 Å². The second kappa shape index (κ2) is 11.1. The van der Waals surface area contributed by atoms with Crippen LogP contribution in [0.1, 0.15) is 77.6 Å². The zero-order valence-corrected chi connectivity index (χ0v) is 15.8. The van der Waals surface area contributed by atoms with Crippen molar-refractivity contribution in [2.75, 3.05) is 19.6 Å². The van der Waals surface area contributed by atoms with Gasteiger partial charge in [-0.05, 0) is 64.2 Å². The van der Waals surface area contributed by atoms with E-state index in [1.165, 1.54) is 62.5 Å². The summed E-state index contributed by atoms with van der Waals surface area (Å²) in [5.41, 5.74) is 2.96. The molecule has 2 aliphatic carbocycles. The van der Waals surface area contributed by atoms with Gasteiger partial charge < -0.3 is 10.2 Å². The van der Waals surface area contributed by atoms with E-state index >= 15 is 0 Å². The van der Waals surface area contributed by atoms with Crippen LogP contribution in [0.4, 0.5) is 0 Å². The van der Waals surface area contributed by atoms with Crippen LogP contribution in [-0.4, -0.2) is 36.3 Å². The summed E-state index contributed by atoms with van der Waals surface area (Å²) in [5, 5.41) is 3.00. The van der Waals surface area contributed by atoms with E-state index in [0.29, 0.717) is 13.0 Å². The van der Waals surface area contributed by atoms with Gasteiger partial charge in [0.05, 0.1) is 0 Å². The number of carbonyl (C=O) groups excluding carboxylic acids is 2. The summed E-state index contributed by atoms with van der Waals surface area (Å²) >= 11 is 0. The van der Waals surface area contributed by atoms with Crippen molar-refractivity contribution >= 4 is 11.8 Å². The molecule has 0 unspecified atom stereocenters. The fourth-order valence-corrected chi connectivity index (χ4v) is 3.66. The van der Waals surface area contributed by atoms with Crippen LogP contribution in [0.25, 0.3) is 0 Å². The summed E-state index contributed by atoms with van der Waals surface area (Å²) in [6.07, 6.45) is 16.8. The molecule has 25 heavy (non-hydrogen) atoms. The van der Waals surface area contributed by atoms with Gasteiger partial charge in [0.25, 0.3) is 0 Å². The van der Waals surface area contributed by atoms with Gasteiger partial charge in [-0.2, -0.15) is 0 Å². The first kappa shape index (κ1) is 19.7. The largest absolute Gasteiger partial charge is 0.356 e. The highest BCUT2D eigenvalue weighted by Gasteiger charge is 2.13. The predicted molar refractivity (Wildman–Crippen MR) is 102 cm³/mol. The van der Waals surface area contributed by atoms with E-state index in [-0.39, 0.29) is 11.8 Å². The second-order valence-electron chi connectivity index (χ2n) is 7.32. The first-order valence-electron chi connectivity index (χ1n) is 10.0. The van der Waals surface area contributed by atoms with Crippen LogP contribution in [0, 0.1) is 0 Å². The second-order valence-corrected chi connectivity index (χ2v) is 7.32. The van der Waals surface area contributed by atoms with Crippen LogP contribution in [0.15, 0.2) is 23.3 Å². The SMILES string of the molecule is CC(=O)N(CCC(=O)NCCC1=CCCCC1)CCC1=CCCCC1. The summed E-state index contributed by atoms with van der Waals surface area (Å²) in [6, 6.07) is 0. The molecule has 0 saturated carbocycles. The molecule has 0 aliphatic heterocycles. The van der Waals surface area contributed by atoms with Crippen molar-refractivity contribution in [2.24, 2.45) is 0 Å². The van der Waals surface area contributed by atoms with Gasteiger partial charge in [-0.3, -0.25) is 9.59 Å². The van der Waals surface area contributed by atoms with E-state index in [4.69, 9.17) is 0 Å². The number of carbonyl (C=O) groups is 2. The minimum atomic E-state index is 0.0551. The molecule has 2 amide bonds. The highest BCUT2D eigenvalue weighted by Crippen LogP contribution is 2.20. The highest BCUT2D eigenvalue weighted by atomic mass is 16.2. The van der Waals surface area contributed by atoms with Gasteiger partial charge in [0, 0.05) is 33.0 Å². The molecular formula is C21H34N2O2.